The molecule has 0 N–H and O–H groups in total. The number of hydrogen-bond acceptors (Lipinski definition) is 4. The van der Waals surface area contributed by atoms with Crippen LogP contribution in [-0.2, 0) is 0 Å². The first kappa shape index (κ1) is 13.2. The lowest BCUT2D eigenvalue weighted by molar-refractivity contribution is 0.511. The van der Waals surface area contributed by atoms with Crippen LogP contribution in [-0.4, -0.2) is 22.1 Å². The minimum Gasteiger partial charge on any atom is -0.332 e. The molecule has 4 nitrogen and oxygen atoms in total. The van der Waals surface area contributed by atoms with Gasteiger partial charge in [0, 0.05) is 17.8 Å². The Bertz CT molecular complexity index is 451. The summed E-state index contributed by atoms with van der Waals surface area (Å²) in [5.41, 5.74) is 1.07. The van der Waals surface area contributed by atoms with Crippen LogP contribution in [0.1, 0.15) is 32.2 Å². The fourth-order valence-corrected chi connectivity index (χ4v) is 1.52. The van der Waals surface area contributed by atoms with Crippen molar-refractivity contribution in [1.82, 2.24) is 9.97 Å². The molecule has 1 aromatic rings. The summed E-state index contributed by atoms with van der Waals surface area (Å²) in [6, 6.07) is 3.73. The SMILES string of the molecule is C=CCN(c1nc(C)cc(C#N)n1)C(C)(C)C. The molecule has 0 unspecified atom stereocenters. The van der Waals surface area contributed by atoms with Crippen molar-refractivity contribution in [3.8, 4) is 6.07 Å². The molecule has 0 saturated heterocycles. The number of anilines is 1. The summed E-state index contributed by atoms with van der Waals surface area (Å²) in [7, 11) is 0. The summed E-state index contributed by atoms with van der Waals surface area (Å²) < 4.78 is 0. The number of rotatable bonds is 3. The molecule has 1 rings (SSSR count). The molecule has 0 bridgehead atoms. The molecular formula is C13H18N4. The number of aromatic nitrogens is 2. The lowest BCUT2D eigenvalue weighted by Crippen LogP contribution is -2.42. The molecule has 0 spiro atoms. The van der Waals surface area contributed by atoms with Gasteiger partial charge < -0.3 is 4.90 Å². The zero-order valence-electron chi connectivity index (χ0n) is 10.9. The Morgan fingerprint density at radius 1 is 1.47 bits per heavy atom. The lowest BCUT2D eigenvalue weighted by atomic mass is 10.1. The van der Waals surface area contributed by atoms with Crippen LogP contribution >= 0.6 is 0 Å². The van der Waals surface area contributed by atoms with Gasteiger partial charge in [0.1, 0.15) is 11.8 Å². The van der Waals surface area contributed by atoms with Crippen molar-refractivity contribution in [3.63, 3.8) is 0 Å². The minimum absolute atomic E-state index is 0.116. The van der Waals surface area contributed by atoms with Crippen molar-refractivity contribution in [1.29, 1.82) is 5.26 Å². The van der Waals surface area contributed by atoms with Crippen LogP contribution < -0.4 is 4.90 Å². The van der Waals surface area contributed by atoms with E-state index in [2.05, 4.69) is 43.4 Å². The van der Waals surface area contributed by atoms with Gasteiger partial charge in [0.2, 0.25) is 5.95 Å². The molecular weight excluding hydrogens is 212 g/mol. The van der Waals surface area contributed by atoms with E-state index in [0.29, 0.717) is 18.2 Å². The molecule has 90 valence electrons. The fraction of sp³-hybridized carbons (Fsp3) is 0.462. The van der Waals surface area contributed by atoms with E-state index in [9.17, 15) is 0 Å². The van der Waals surface area contributed by atoms with Crippen molar-refractivity contribution in [2.45, 2.75) is 33.2 Å². The van der Waals surface area contributed by atoms with Gasteiger partial charge in [-0.2, -0.15) is 5.26 Å². The summed E-state index contributed by atoms with van der Waals surface area (Å²) in [4.78, 5) is 10.6. The van der Waals surface area contributed by atoms with E-state index in [1.807, 2.05) is 17.9 Å². The molecule has 0 amide bonds. The van der Waals surface area contributed by atoms with E-state index in [4.69, 9.17) is 5.26 Å². The van der Waals surface area contributed by atoms with Gasteiger partial charge in [0.05, 0.1) is 0 Å². The predicted octanol–water partition coefficient (Wildman–Crippen LogP) is 2.45. The van der Waals surface area contributed by atoms with E-state index < -0.39 is 0 Å². The zero-order valence-corrected chi connectivity index (χ0v) is 10.9. The van der Waals surface area contributed by atoms with Crippen molar-refractivity contribution in [3.05, 3.63) is 30.1 Å². The molecule has 4 heteroatoms. The quantitative estimate of drug-likeness (QED) is 0.748. The molecule has 0 aliphatic rings. The second-order valence-electron chi connectivity index (χ2n) is 4.88. The molecule has 0 saturated carbocycles. The largest absolute Gasteiger partial charge is 0.332 e. The highest BCUT2D eigenvalue weighted by molar-refractivity contribution is 5.39. The number of nitrogens with zero attached hydrogens (tertiary/aromatic N) is 4. The van der Waals surface area contributed by atoms with Gasteiger partial charge in [-0.1, -0.05) is 6.08 Å². The van der Waals surface area contributed by atoms with Gasteiger partial charge in [-0.3, -0.25) is 0 Å². The number of hydrogen-bond donors (Lipinski definition) is 0. The Balaban J connectivity index is 3.24. The van der Waals surface area contributed by atoms with E-state index in [1.54, 1.807) is 6.07 Å². The summed E-state index contributed by atoms with van der Waals surface area (Å²) in [5.74, 6) is 0.578. The summed E-state index contributed by atoms with van der Waals surface area (Å²) in [6.45, 7) is 12.5. The number of aryl methyl sites for hydroxylation is 1. The van der Waals surface area contributed by atoms with Gasteiger partial charge in [-0.15, -0.1) is 6.58 Å². The van der Waals surface area contributed by atoms with E-state index in [-0.39, 0.29) is 5.54 Å². The maximum Gasteiger partial charge on any atom is 0.227 e. The van der Waals surface area contributed by atoms with E-state index in [0.717, 1.165) is 5.69 Å². The first-order valence-electron chi connectivity index (χ1n) is 5.53. The monoisotopic (exact) mass is 230 g/mol. The average molecular weight is 230 g/mol. The molecule has 0 atom stereocenters. The third-order valence-electron chi connectivity index (χ3n) is 2.32. The minimum atomic E-state index is -0.116. The Kier molecular flexibility index (Phi) is 3.84. The topological polar surface area (TPSA) is 52.8 Å². The molecule has 17 heavy (non-hydrogen) atoms. The molecule has 1 heterocycles. The fourth-order valence-electron chi connectivity index (χ4n) is 1.52. The van der Waals surface area contributed by atoms with Crippen molar-refractivity contribution < 1.29 is 0 Å². The maximum atomic E-state index is 8.92. The molecule has 0 aliphatic carbocycles. The molecule has 0 radical (unpaired) electrons. The Hall–Kier alpha value is -1.89. The second-order valence-corrected chi connectivity index (χ2v) is 4.88. The van der Waals surface area contributed by atoms with Gasteiger partial charge in [0.25, 0.3) is 0 Å². The summed E-state index contributed by atoms with van der Waals surface area (Å²) >= 11 is 0. The van der Waals surface area contributed by atoms with Crippen LogP contribution in [0.4, 0.5) is 5.95 Å². The molecule has 1 aromatic heterocycles. The second kappa shape index (κ2) is 4.96. The van der Waals surface area contributed by atoms with Crippen molar-refractivity contribution in [2.24, 2.45) is 0 Å². The van der Waals surface area contributed by atoms with Crippen molar-refractivity contribution in [2.75, 3.05) is 11.4 Å². The Morgan fingerprint density at radius 2 is 2.12 bits per heavy atom. The van der Waals surface area contributed by atoms with Gasteiger partial charge >= 0.3 is 0 Å². The molecule has 0 fully saturated rings. The maximum absolute atomic E-state index is 8.92. The third-order valence-corrected chi connectivity index (χ3v) is 2.32. The van der Waals surface area contributed by atoms with Crippen LogP contribution in [0.15, 0.2) is 18.7 Å². The Labute approximate surface area is 103 Å². The Morgan fingerprint density at radius 3 is 2.59 bits per heavy atom. The van der Waals surface area contributed by atoms with Gasteiger partial charge in [-0.25, -0.2) is 9.97 Å². The van der Waals surface area contributed by atoms with Crippen LogP contribution in [0.3, 0.4) is 0 Å². The lowest BCUT2D eigenvalue weighted by Gasteiger charge is -2.35. The van der Waals surface area contributed by atoms with Crippen molar-refractivity contribution >= 4 is 5.95 Å². The normalized spacial score (nSPS) is 10.8. The average Bonchev–Trinajstić information content (AvgIpc) is 2.23. The first-order valence-corrected chi connectivity index (χ1v) is 5.53. The van der Waals surface area contributed by atoms with Gasteiger partial charge in [0.15, 0.2) is 0 Å². The van der Waals surface area contributed by atoms with Crippen LogP contribution in [0.5, 0.6) is 0 Å². The zero-order chi connectivity index (χ0) is 13.1. The highest BCUT2D eigenvalue weighted by Gasteiger charge is 2.23. The first-order chi connectivity index (χ1) is 7.88. The molecule has 0 aliphatic heterocycles. The van der Waals surface area contributed by atoms with Crippen LogP contribution in [0.2, 0.25) is 0 Å². The standard InChI is InChI=1S/C13H18N4/c1-6-7-17(13(3,4)5)12-15-10(2)8-11(9-14)16-12/h6,8H,1,7H2,2-5H3. The van der Waals surface area contributed by atoms with E-state index >= 15 is 0 Å². The predicted molar refractivity (Wildman–Crippen MR) is 68.8 cm³/mol. The van der Waals surface area contributed by atoms with Gasteiger partial charge in [-0.05, 0) is 33.8 Å². The van der Waals surface area contributed by atoms with E-state index in [1.165, 1.54) is 0 Å². The highest BCUT2D eigenvalue weighted by Crippen LogP contribution is 2.20. The number of nitriles is 1. The third kappa shape index (κ3) is 3.28. The van der Waals surface area contributed by atoms with Crippen LogP contribution in [0, 0.1) is 18.3 Å². The highest BCUT2D eigenvalue weighted by atomic mass is 15.3. The molecule has 0 aromatic carbocycles. The smallest absolute Gasteiger partial charge is 0.227 e. The summed E-state index contributed by atoms with van der Waals surface area (Å²) in [6.07, 6.45) is 1.81. The van der Waals surface area contributed by atoms with Crippen LogP contribution in [0.25, 0.3) is 0 Å². The summed E-state index contributed by atoms with van der Waals surface area (Å²) in [5, 5.41) is 8.92.